The van der Waals surface area contributed by atoms with E-state index in [4.69, 9.17) is 16.3 Å². The lowest BCUT2D eigenvalue weighted by Gasteiger charge is -2.34. The number of hydrogen-bond acceptors (Lipinski definition) is 5. The van der Waals surface area contributed by atoms with Crippen molar-refractivity contribution in [1.29, 1.82) is 0 Å². The number of anilines is 1. The molecule has 8 nitrogen and oxygen atoms in total. The Morgan fingerprint density at radius 3 is 2.48 bits per heavy atom. The number of aromatic nitrogens is 2. The average Bonchev–Trinajstić information content (AvgIpc) is 3.18. The van der Waals surface area contributed by atoms with Gasteiger partial charge in [0, 0.05) is 16.8 Å². The van der Waals surface area contributed by atoms with E-state index in [0.717, 1.165) is 0 Å². The number of ketones is 1. The van der Waals surface area contributed by atoms with Crippen LogP contribution in [0.2, 0.25) is 5.02 Å². The number of carbonyl (C=O) groups is 3. The molecule has 2 aromatic carbocycles. The number of nitrogens with zero attached hydrogens (tertiary/aromatic N) is 3. The Morgan fingerprint density at radius 1 is 1.16 bits per heavy atom. The van der Waals surface area contributed by atoms with Crippen molar-refractivity contribution in [1.82, 2.24) is 9.78 Å². The summed E-state index contributed by atoms with van der Waals surface area (Å²) in [5.41, 5.74) is 1.32. The third-order valence-electron chi connectivity index (χ3n) is 5.19. The summed E-state index contributed by atoms with van der Waals surface area (Å²) in [6, 6.07) is 11.1. The molecule has 0 saturated heterocycles. The molecule has 3 aromatic rings. The maximum absolute atomic E-state index is 13.1. The van der Waals surface area contributed by atoms with Crippen LogP contribution < -0.4 is 9.64 Å². The van der Waals surface area contributed by atoms with E-state index in [-0.39, 0.29) is 23.1 Å². The van der Waals surface area contributed by atoms with Crippen molar-refractivity contribution in [3.8, 4) is 5.75 Å². The first-order valence-corrected chi connectivity index (χ1v) is 9.80. The van der Waals surface area contributed by atoms with Gasteiger partial charge >= 0.3 is 5.97 Å². The standard InChI is InChI=1S/C22H18ClN3O5/c1-12-11-25-19(16(10-24-25)22(29)30)21(28)26(12)15-6-3-13(4-7-15)20(27)14-5-8-17(23)18(9-14)31-2/h3-10,12H,11H2,1-2H3,(H,29,30)/t12-/m0/s1. The minimum atomic E-state index is -1.21. The van der Waals surface area contributed by atoms with Gasteiger partial charge in [-0.25, -0.2) is 4.79 Å². The first-order valence-electron chi connectivity index (χ1n) is 9.42. The zero-order valence-corrected chi connectivity index (χ0v) is 17.5. The van der Waals surface area contributed by atoms with Crippen LogP contribution in [-0.2, 0) is 6.54 Å². The van der Waals surface area contributed by atoms with Gasteiger partial charge in [-0.1, -0.05) is 11.6 Å². The van der Waals surface area contributed by atoms with Gasteiger partial charge in [0.15, 0.2) is 5.78 Å². The summed E-state index contributed by atoms with van der Waals surface area (Å²) in [7, 11) is 1.47. The lowest BCUT2D eigenvalue weighted by molar-refractivity contribution is 0.0689. The second-order valence-corrected chi connectivity index (χ2v) is 7.55. The minimum absolute atomic E-state index is 0.0408. The fourth-order valence-corrected chi connectivity index (χ4v) is 3.86. The number of carboxylic acids is 1. The maximum atomic E-state index is 13.1. The molecule has 0 spiro atoms. The smallest absolute Gasteiger partial charge is 0.339 e. The van der Waals surface area contributed by atoms with Crippen LogP contribution in [-0.4, -0.2) is 45.7 Å². The first-order chi connectivity index (χ1) is 14.8. The number of fused-ring (bicyclic) bond motifs is 1. The highest BCUT2D eigenvalue weighted by Crippen LogP contribution is 2.29. The molecule has 2 heterocycles. The second kappa shape index (κ2) is 7.88. The molecule has 0 aliphatic carbocycles. The van der Waals surface area contributed by atoms with E-state index in [0.29, 0.717) is 34.1 Å². The van der Waals surface area contributed by atoms with Gasteiger partial charge in [-0.15, -0.1) is 0 Å². The van der Waals surface area contributed by atoms with Gasteiger partial charge in [0.1, 0.15) is 17.0 Å². The van der Waals surface area contributed by atoms with Crippen molar-refractivity contribution in [3.05, 3.63) is 76.1 Å². The number of ether oxygens (including phenoxy) is 1. The maximum Gasteiger partial charge on any atom is 0.339 e. The molecule has 0 bridgehead atoms. The van der Waals surface area contributed by atoms with Crippen LogP contribution in [0, 0.1) is 0 Å². The summed E-state index contributed by atoms with van der Waals surface area (Å²) < 4.78 is 6.58. The van der Waals surface area contributed by atoms with Crippen molar-refractivity contribution >= 4 is 34.9 Å². The molecule has 158 valence electrons. The van der Waals surface area contributed by atoms with E-state index in [1.54, 1.807) is 42.5 Å². The molecular formula is C22H18ClN3O5. The fourth-order valence-electron chi connectivity index (χ4n) is 3.66. The minimum Gasteiger partial charge on any atom is -0.495 e. The molecule has 9 heteroatoms. The Hall–Kier alpha value is -3.65. The van der Waals surface area contributed by atoms with Gasteiger partial charge in [-0.05, 0) is 49.4 Å². The van der Waals surface area contributed by atoms with Crippen LogP contribution in [0.25, 0.3) is 0 Å². The predicted octanol–water partition coefficient (Wildman–Crippen LogP) is 3.52. The molecule has 4 rings (SSSR count). The van der Waals surface area contributed by atoms with Gasteiger partial charge in [0.05, 0.1) is 30.9 Å². The highest BCUT2D eigenvalue weighted by molar-refractivity contribution is 6.32. The molecule has 0 saturated carbocycles. The van der Waals surface area contributed by atoms with Crippen LogP contribution in [0.4, 0.5) is 5.69 Å². The summed E-state index contributed by atoms with van der Waals surface area (Å²) in [5, 5.41) is 13.8. The van der Waals surface area contributed by atoms with Crippen LogP contribution in [0.15, 0.2) is 48.7 Å². The summed E-state index contributed by atoms with van der Waals surface area (Å²) in [6.45, 7) is 2.21. The third kappa shape index (κ3) is 3.55. The Kier molecular flexibility index (Phi) is 5.24. The summed E-state index contributed by atoms with van der Waals surface area (Å²) >= 11 is 6.02. The van der Waals surface area contributed by atoms with E-state index in [1.807, 2.05) is 6.92 Å². The molecule has 0 unspecified atom stereocenters. The number of amides is 1. The highest BCUT2D eigenvalue weighted by Gasteiger charge is 2.35. The van der Waals surface area contributed by atoms with Crippen LogP contribution in [0.5, 0.6) is 5.75 Å². The van der Waals surface area contributed by atoms with Gasteiger partial charge in [-0.3, -0.25) is 14.3 Å². The first kappa shape index (κ1) is 20.6. The van der Waals surface area contributed by atoms with Crippen molar-refractivity contribution in [2.24, 2.45) is 0 Å². The number of carbonyl (C=O) groups excluding carboxylic acids is 2. The molecule has 1 atom stereocenters. The monoisotopic (exact) mass is 439 g/mol. The van der Waals surface area contributed by atoms with Gasteiger partial charge < -0.3 is 14.7 Å². The Morgan fingerprint density at radius 2 is 1.84 bits per heavy atom. The summed E-state index contributed by atoms with van der Waals surface area (Å²) in [5.74, 6) is -1.47. The van der Waals surface area contributed by atoms with Crippen molar-refractivity contribution in [3.63, 3.8) is 0 Å². The molecule has 1 aliphatic heterocycles. The molecular weight excluding hydrogens is 422 g/mol. The lowest BCUT2D eigenvalue weighted by atomic mass is 10.0. The largest absolute Gasteiger partial charge is 0.495 e. The van der Waals surface area contributed by atoms with E-state index in [2.05, 4.69) is 5.10 Å². The molecule has 1 amide bonds. The summed E-state index contributed by atoms with van der Waals surface area (Å²) in [6.07, 6.45) is 1.19. The normalized spacial score (nSPS) is 15.5. The zero-order chi connectivity index (χ0) is 22.3. The van der Waals surface area contributed by atoms with Gasteiger partial charge in [0.25, 0.3) is 5.91 Å². The lowest BCUT2D eigenvalue weighted by Crippen LogP contribution is -2.47. The van der Waals surface area contributed by atoms with E-state index in [1.165, 1.54) is 22.9 Å². The number of aromatic carboxylic acids is 1. The molecule has 0 fully saturated rings. The third-order valence-corrected chi connectivity index (χ3v) is 5.50. The summed E-state index contributed by atoms with van der Waals surface area (Å²) in [4.78, 5) is 38.9. The number of rotatable bonds is 5. The van der Waals surface area contributed by atoms with Crippen LogP contribution in [0.3, 0.4) is 0 Å². The highest BCUT2D eigenvalue weighted by atomic mass is 35.5. The molecule has 31 heavy (non-hydrogen) atoms. The fraction of sp³-hybridized carbons (Fsp3) is 0.182. The predicted molar refractivity (Wildman–Crippen MR) is 113 cm³/mol. The number of halogens is 1. The van der Waals surface area contributed by atoms with Crippen molar-refractivity contribution in [2.75, 3.05) is 12.0 Å². The second-order valence-electron chi connectivity index (χ2n) is 7.14. The van der Waals surface area contributed by atoms with Crippen molar-refractivity contribution in [2.45, 2.75) is 19.5 Å². The molecule has 1 aromatic heterocycles. The number of methoxy groups -OCH3 is 1. The van der Waals surface area contributed by atoms with Crippen LogP contribution >= 0.6 is 11.6 Å². The molecule has 1 aliphatic rings. The van der Waals surface area contributed by atoms with E-state index in [9.17, 15) is 19.5 Å². The number of carboxylic acid groups (broad SMARTS) is 1. The zero-order valence-electron chi connectivity index (χ0n) is 16.7. The topological polar surface area (TPSA) is 102 Å². The molecule has 1 N–H and O–H groups in total. The van der Waals surface area contributed by atoms with Crippen molar-refractivity contribution < 1.29 is 24.2 Å². The number of benzene rings is 2. The van der Waals surface area contributed by atoms with E-state index >= 15 is 0 Å². The Balaban J connectivity index is 1.63. The van der Waals surface area contributed by atoms with Gasteiger partial charge in [0.2, 0.25) is 0 Å². The number of hydrogen-bond donors (Lipinski definition) is 1. The Labute approximate surface area is 182 Å². The van der Waals surface area contributed by atoms with Crippen LogP contribution in [0.1, 0.15) is 43.7 Å². The molecule has 0 radical (unpaired) electrons. The average molecular weight is 440 g/mol. The Bertz CT molecular complexity index is 1200. The van der Waals surface area contributed by atoms with E-state index < -0.39 is 11.9 Å². The van der Waals surface area contributed by atoms with Gasteiger partial charge in [-0.2, -0.15) is 5.10 Å². The SMILES string of the molecule is COc1cc(C(=O)c2ccc(N3C(=O)c4c(C(=O)O)cnn4C[C@@H]3C)cc2)ccc1Cl. The quantitative estimate of drug-likeness (QED) is 0.610.